The quantitative estimate of drug-likeness (QED) is 0.866. The fourth-order valence-electron chi connectivity index (χ4n) is 1.71. The van der Waals surface area contributed by atoms with Gasteiger partial charge < -0.3 is 10.6 Å². The van der Waals surface area contributed by atoms with Crippen LogP contribution in [0.25, 0.3) is 0 Å². The molecule has 0 aliphatic heterocycles. The van der Waals surface area contributed by atoms with E-state index in [2.05, 4.69) is 10.6 Å². The lowest BCUT2D eigenvalue weighted by Gasteiger charge is -2.20. The van der Waals surface area contributed by atoms with Gasteiger partial charge in [0.25, 0.3) is 5.91 Å². The zero-order valence-electron chi connectivity index (χ0n) is 12.7. The van der Waals surface area contributed by atoms with Gasteiger partial charge in [-0.25, -0.2) is 0 Å². The van der Waals surface area contributed by atoms with Crippen molar-refractivity contribution in [3.05, 3.63) is 29.8 Å². The first-order valence-corrected chi connectivity index (χ1v) is 7.04. The minimum Gasteiger partial charge on any atom is -0.347 e. The first kappa shape index (κ1) is 16.2. The third-order valence-electron chi connectivity index (χ3n) is 2.65. The first-order chi connectivity index (χ1) is 9.31. The molecule has 0 saturated heterocycles. The Hall–Kier alpha value is -1.84. The third-order valence-corrected chi connectivity index (χ3v) is 2.65. The molecule has 2 amide bonds. The van der Waals surface area contributed by atoms with Crippen LogP contribution in [0, 0.1) is 0 Å². The molecule has 4 nitrogen and oxygen atoms in total. The fourth-order valence-corrected chi connectivity index (χ4v) is 1.71. The van der Waals surface area contributed by atoms with Gasteiger partial charge in [0.2, 0.25) is 5.91 Å². The van der Waals surface area contributed by atoms with E-state index in [0.717, 1.165) is 12.8 Å². The molecule has 2 N–H and O–H groups in total. The Morgan fingerprint density at radius 1 is 1.20 bits per heavy atom. The molecule has 0 aliphatic carbocycles. The van der Waals surface area contributed by atoms with Crippen molar-refractivity contribution in [1.82, 2.24) is 5.32 Å². The van der Waals surface area contributed by atoms with Gasteiger partial charge >= 0.3 is 0 Å². The molecule has 0 spiro atoms. The van der Waals surface area contributed by atoms with Crippen LogP contribution in [0.5, 0.6) is 0 Å². The van der Waals surface area contributed by atoms with E-state index in [4.69, 9.17) is 0 Å². The second kappa shape index (κ2) is 7.08. The van der Waals surface area contributed by atoms with Crippen molar-refractivity contribution in [2.24, 2.45) is 0 Å². The summed E-state index contributed by atoms with van der Waals surface area (Å²) in [7, 11) is 0. The molecule has 0 unspecified atom stereocenters. The maximum atomic E-state index is 12.0. The highest BCUT2D eigenvalue weighted by Gasteiger charge is 2.15. The number of rotatable bonds is 5. The highest BCUT2D eigenvalue weighted by atomic mass is 16.2. The van der Waals surface area contributed by atoms with Crippen LogP contribution in [-0.2, 0) is 4.79 Å². The van der Waals surface area contributed by atoms with Gasteiger partial charge in [-0.15, -0.1) is 0 Å². The number of benzene rings is 1. The molecule has 1 rings (SSSR count). The molecule has 0 fully saturated rings. The van der Waals surface area contributed by atoms with E-state index in [9.17, 15) is 9.59 Å². The van der Waals surface area contributed by atoms with E-state index in [1.54, 1.807) is 24.3 Å². The van der Waals surface area contributed by atoms with Gasteiger partial charge in [-0.3, -0.25) is 9.59 Å². The molecule has 0 radical (unpaired) electrons. The lowest BCUT2D eigenvalue weighted by atomic mass is 10.1. The summed E-state index contributed by atoms with van der Waals surface area (Å²) in [6.45, 7) is 7.84. The first-order valence-electron chi connectivity index (χ1n) is 7.04. The highest BCUT2D eigenvalue weighted by Crippen LogP contribution is 2.13. The number of amides is 2. The van der Waals surface area contributed by atoms with Crippen molar-refractivity contribution in [2.45, 2.75) is 52.5 Å². The third kappa shape index (κ3) is 5.87. The predicted octanol–water partition coefficient (Wildman–Crippen LogP) is 3.34. The van der Waals surface area contributed by atoms with Crippen LogP contribution in [0.1, 0.15) is 57.3 Å². The smallest absolute Gasteiger partial charge is 0.251 e. The van der Waals surface area contributed by atoms with E-state index >= 15 is 0 Å². The standard InChI is InChI=1S/C16H24N2O2/c1-5-6-10-14(19)17-13-9-7-8-12(11-13)15(20)18-16(2,3)4/h7-9,11H,5-6,10H2,1-4H3,(H,17,19)(H,18,20). The van der Waals surface area contributed by atoms with Gasteiger partial charge in [-0.2, -0.15) is 0 Å². The summed E-state index contributed by atoms with van der Waals surface area (Å²) in [5.41, 5.74) is 0.929. The topological polar surface area (TPSA) is 58.2 Å². The van der Waals surface area contributed by atoms with Crippen molar-refractivity contribution in [3.8, 4) is 0 Å². The van der Waals surface area contributed by atoms with Crippen LogP contribution in [-0.4, -0.2) is 17.4 Å². The van der Waals surface area contributed by atoms with Gasteiger partial charge in [0, 0.05) is 23.2 Å². The average Bonchev–Trinajstić information content (AvgIpc) is 2.34. The number of carbonyl (C=O) groups excluding carboxylic acids is 2. The number of unbranched alkanes of at least 4 members (excludes halogenated alkanes) is 1. The molecular weight excluding hydrogens is 252 g/mol. The molecule has 110 valence electrons. The molecule has 1 aromatic rings. The summed E-state index contributed by atoms with van der Waals surface area (Å²) >= 11 is 0. The van der Waals surface area contributed by atoms with Gasteiger partial charge in [0.05, 0.1) is 0 Å². The molecule has 0 atom stereocenters. The minimum absolute atomic E-state index is 0.0137. The number of anilines is 1. The van der Waals surface area contributed by atoms with Crippen LogP contribution in [0.15, 0.2) is 24.3 Å². The van der Waals surface area contributed by atoms with Crippen LogP contribution in [0.2, 0.25) is 0 Å². The summed E-state index contributed by atoms with van der Waals surface area (Å²) in [4.78, 5) is 23.7. The number of carbonyl (C=O) groups is 2. The maximum absolute atomic E-state index is 12.0. The van der Waals surface area contributed by atoms with Crippen LogP contribution >= 0.6 is 0 Å². The number of hydrogen-bond acceptors (Lipinski definition) is 2. The Balaban J connectivity index is 2.70. The van der Waals surface area contributed by atoms with Crippen LogP contribution in [0.3, 0.4) is 0 Å². The lowest BCUT2D eigenvalue weighted by Crippen LogP contribution is -2.40. The molecule has 20 heavy (non-hydrogen) atoms. The monoisotopic (exact) mass is 276 g/mol. The van der Waals surface area contributed by atoms with Crippen molar-refractivity contribution >= 4 is 17.5 Å². The Morgan fingerprint density at radius 2 is 1.90 bits per heavy atom. The molecule has 0 aliphatic rings. The van der Waals surface area contributed by atoms with Gasteiger partial charge in [-0.05, 0) is 45.4 Å². The fraction of sp³-hybridized carbons (Fsp3) is 0.500. The zero-order chi connectivity index (χ0) is 15.2. The van der Waals surface area contributed by atoms with Crippen molar-refractivity contribution < 1.29 is 9.59 Å². The van der Waals surface area contributed by atoms with E-state index in [0.29, 0.717) is 17.7 Å². The molecule has 0 saturated carbocycles. The van der Waals surface area contributed by atoms with Crippen molar-refractivity contribution in [1.29, 1.82) is 0 Å². The molecule has 0 bridgehead atoms. The maximum Gasteiger partial charge on any atom is 0.251 e. The Kier molecular flexibility index (Phi) is 5.74. The molecule has 4 heteroatoms. The van der Waals surface area contributed by atoms with Crippen molar-refractivity contribution in [3.63, 3.8) is 0 Å². The summed E-state index contributed by atoms with van der Waals surface area (Å²) in [6.07, 6.45) is 2.37. The van der Waals surface area contributed by atoms with E-state index in [1.807, 2.05) is 27.7 Å². The number of nitrogens with one attached hydrogen (secondary N) is 2. The van der Waals surface area contributed by atoms with Gasteiger partial charge in [0.15, 0.2) is 0 Å². The summed E-state index contributed by atoms with van der Waals surface area (Å²) < 4.78 is 0. The Bertz CT molecular complexity index is 476. The summed E-state index contributed by atoms with van der Waals surface area (Å²) in [5, 5.41) is 5.71. The summed E-state index contributed by atoms with van der Waals surface area (Å²) in [6, 6.07) is 7.00. The SMILES string of the molecule is CCCCC(=O)Nc1cccc(C(=O)NC(C)(C)C)c1. The van der Waals surface area contributed by atoms with E-state index in [-0.39, 0.29) is 17.4 Å². The Morgan fingerprint density at radius 3 is 2.50 bits per heavy atom. The van der Waals surface area contributed by atoms with E-state index in [1.165, 1.54) is 0 Å². The Labute approximate surface area is 121 Å². The lowest BCUT2D eigenvalue weighted by molar-refractivity contribution is -0.116. The number of hydrogen-bond donors (Lipinski definition) is 2. The second-order valence-corrected chi connectivity index (χ2v) is 5.94. The van der Waals surface area contributed by atoms with Crippen LogP contribution in [0.4, 0.5) is 5.69 Å². The average molecular weight is 276 g/mol. The van der Waals surface area contributed by atoms with Crippen LogP contribution < -0.4 is 10.6 Å². The summed E-state index contributed by atoms with van der Waals surface area (Å²) in [5.74, 6) is -0.151. The molecule has 0 aromatic heterocycles. The van der Waals surface area contributed by atoms with E-state index < -0.39 is 0 Å². The molecular formula is C16H24N2O2. The zero-order valence-corrected chi connectivity index (χ0v) is 12.7. The van der Waals surface area contributed by atoms with Gasteiger partial charge in [0.1, 0.15) is 0 Å². The second-order valence-electron chi connectivity index (χ2n) is 5.94. The highest BCUT2D eigenvalue weighted by molar-refractivity contribution is 5.97. The largest absolute Gasteiger partial charge is 0.347 e. The molecule has 1 aromatic carbocycles. The molecule has 0 heterocycles. The van der Waals surface area contributed by atoms with Gasteiger partial charge in [-0.1, -0.05) is 19.4 Å². The normalized spacial score (nSPS) is 11.0. The van der Waals surface area contributed by atoms with Crippen molar-refractivity contribution in [2.75, 3.05) is 5.32 Å². The minimum atomic E-state index is -0.280. The predicted molar refractivity (Wildman–Crippen MR) is 81.8 cm³/mol.